The Hall–Kier alpha value is -4.43. The zero-order valence-corrected chi connectivity index (χ0v) is 22.0. The van der Waals surface area contributed by atoms with Crippen molar-refractivity contribution < 1.29 is 22.7 Å². The second-order valence-electron chi connectivity index (χ2n) is 9.43. The molecule has 4 aromatic carbocycles. The SMILES string of the molecule is O=C1CN(c2ccc(CC(Cc3ccccc3)C(=O)c3ccccc3)cc2OCc2ccccc2)S(=O)(=O)N1. The lowest BCUT2D eigenvalue weighted by Crippen LogP contribution is -2.30. The quantitative estimate of drug-likeness (QED) is 0.294. The van der Waals surface area contributed by atoms with Gasteiger partial charge >= 0.3 is 10.2 Å². The van der Waals surface area contributed by atoms with Gasteiger partial charge in [-0.2, -0.15) is 8.42 Å². The Morgan fingerprint density at radius 2 is 1.38 bits per heavy atom. The van der Waals surface area contributed by atoms with Gasteiger partial charge in [-0.05, 0) is 41.7 Å². The van der Waals surface area contributed by atoms with Crippen LogP contribution in [-0.2, 0) is 34.5 Å². The van der Waals surface area contributed by atoms with Crippen LogP contribution < -0.4 is 13.8 Å². The van der Waals surface area contributed by atoms with Crippen molar-refractivity contribution in [1.29, 1.82) is 0 Å². The van der Waals surface area contributed by atoms with Gasteiger partial charge in [-0.25, -0.2) is 9.03 Å². The Morgan fingerprint density at radius 1 is 0.795 bits per heavy atom. The molecule has 0 aliphatic carbocycles. The van der Waals surface area contributed by atoms with Crippen LogP contribution in [0.15, 0.2) is 109 Å². The van der Waals surface area contributed by atoms with E-state index in [0.717, 1.165) is 21.0 Å². The molecule has 1 aliphatic rings. The van der Waals surface area contributed by atoms with Gasteiger partial charge in [0.25, 0.3) is 5.91 Å². The normalized spacial score (nSPS) is 15.0. The monoisotopic (exact) mass is 540 g/mol. The number of nitrogens with zero attached hydrogens (tertiary/aromatic N) is 1. The van der Waals surface area contributed by atoms with Crippen LogP contribution >= 0.6 is 0 Å². The van der Waals surface area contributed by atoms with E-state index in [-0.39, 0.29) is 30.5 Å². The van der Waals surface area contributed by atoms with Crippen LogP contribution in [-0.4, -0.2) is 26.7 Å². The maximum atomic E-state index is 13.6. The van der Waals surface area contributed by atoms with Crippen molar-refractivity contribution in [3.63, 3.8) is 0 Å². The van der Waals surface area contributed by atoms with E-state index in [4.69, 9.17) is 4.74 Å². The Morgan fingerprint density at radius 3 is 2.00 bits per heavy atom. The minimum atomic E-state index is -4.02. The molecule has 1 unspecified atom stereocenters. The molecule has 1 fully saturated rings. The molecule has 7 nitrogen and oxygen atoms in total. The topological polar surface area (TPSA) is 92.8 Å². The molecule has 1 N–H and O–H groups in total. The number of ketones is 1. The van der Waals surface area contributed by atoms with Crippen molar-refractivity contribution in [3.8, 4) is 5.75 Å². The largest absolute Gasteiger partial charge is 0.487 e. The van der Waals surface area contributed by atoms with E-state index in [2.05, 4.69) is 0 Å². The number of anilines is 1. The Kier molecular flexibility index (Phi) is 7.74. The molecule has 198 valence electrons. The van der Waals surface area contributed by atoms with Crippen molar-refractivity contribution in [2.75, 3.05) is 10.8 Å². The fraction of sp³-hybridized carbons (Fsp3) is 0.161. The number of ether oxygens (including phenoxy) is 1. The highest BCUT2D eigenvalue weighted by Gasteiger charge is 2.36. The van der Waals surface area contributed by atoms with Gasteiger partial charge in [0.05, 0.1) is 5.69 Å². The molecule has 1 aliphatic heterocycles. The number of benzene rings is 4. The molecule has 1 atom stereocenters. The van der Waals surface area contributed by atoms with Gasteiger partial charge in [0.1, 0.15) is 18.9 Å². The summed E-state index contributed by atoms with van der Waals surface area (Å²) in [7, 11) is -4.02. The first-order chi connectivity index (χ1) is 18.9. The van der Waals surface area contributed by atoms with Gasteiger partial charge < -0.3 is 4.74 Å². The number of carbonyl (C=O) groups is 2. The van der Waals surface area contributed by atoms with Crippen LogP contribution in [0.5, 0.6) is 5.75 Å². The van der Waals surface area contributed by atoms with E-state index in [0.29, 0.717) is 24.2 Å². The van der Waals surface area contributed by atoms with Crippen LogP contribution in [0.3, 0.4) is 0 Å². The summed E-state index contributed by atoms with van der Waals surface area (Å²) in [6.45, 7) is -0.116. The third-order valence-corrected chi connectivity index (χ3v) is 7.98. The van der Waals surface area contributed by atoms with Gasteiger partial charge in [0.15, 0.2) is 5.78 Å². The summed E-state index contributed by atoms with van der Waals surface area (Å²) in [4.78, 5) is 25.5. The van der Waals surface area contributed by atoms with Crippen molar-refractivity contribution in [2.45, 2.75) is 19.4 Å². The summed E-state index contributed by atoms with van der Waals surface area (Å²) in [6.07, 6.45) is 0.976. The maximum absolute atomic E-state index is 13.6. The molecular weight excluding hydrogens is 512 g/mol. The van der Waals surface area contributed by atoms with Gasteiger partial charge in [-0.15, -0.1) is 0 Å². The predicted molar refractivity (Wildman–Crippen MR) is 150 cm³/mol. The number of rotatable bonds is 10. The highest BCUT2D eigenvalue weighted by Crippen LogP contribution is 2.34. The van der Waals surface area contributed by atoms with Crippen molar-refractivity contribution in [2.24, 2.45) is 5.92 Å². The van der Waals surface area contributed by atoms with Gasteiger partial charge in [-0.3, -0.25) is 9.59 Å². The second-order valence-corrected chi connectivity index (χ2v) is 11.0. The predicted octanol–water partition coefficient (Wildman–Crippen LogP) is 4.73. The molecule has 39 heavy (non-hydrogen) atoms. The molecule has 8 heteroatoms. The standard InChI is InChI=1S/C31H28N2O5S/c34-30-21-33(39(36,37)32-30)28-17-16-25(20-29(28)38-22-24-12-6-2-7-13-24)19-27(18-23-10-4-1-5-11-23)31(35)26-14-8-3-9-15-26/h1-17,20,27H,18-19,21-22H2,(H,32,34). The highest BCUT2D eigenvalue weighted by atomic mass is 32.2. The van der Waals surface area contributed by atoms with Crippen LogP contribution in [0.2, 0.25) is 0 Å². The van der Waals surface area contributed by atoms with E-state index in [1.807, 2.05) is 95.7 Å². The third-order valence-electron chi connectivity index (χ3n) is 6.59. The number of hydrogen-bond donors (Lipinski definition) is 1. The number of nitrogens with one attached hydrogen (secondary N) is 1. The average molecular weight is 541 g/mol. The summed E-state index contributed by atoms with van der Waals surface area (Å²) in [6, 6.07) is 33.8. The van der Waals surface area contributed by atoms with Gasteiger partial charge in [-0.1, -0.05) is 97.1 Å². The average Bonchev–Trinajstić information content (AvgIpc) is 3.24. The van der Waals surface area contributed by atoms with Crippen LogP contribution in [0, 0.1) is 5.92 Å². The molecule has 0 spiro atoms. The van der Waals surface area contributed by atoms with E-state index in [1.165, 1.54) is 0 Å². The van der Waals surface area contributed by atoms with E-state index in [1.54, 1.807) is 18.2 Å². The molecule has 4 aromatic rings. The van der Waals surface area contributed by atoms with E-state index in [9.17, 15) is 18.0 Å². The lowest BCUT2D eigenvalue weighted by Gasteiger charge is -2.21. The molecule has 1 heterocycles. The first-order valence-corrected chi connectivity index (χ1v) is 14.1. The minimum absolute atomic E-state index is 0.0344. The molecule has 5 rings (SSSR count). The first kappa shape index (κ1) is 26.2. The summed E-state index contributed by atoms with van der Waals surface area (Å²) in [5.41, 5.74) is 3.69. The summed E-state index contributed by atoms with van der Waals surface area (Å²) >= 11 is 0. The third kappa shape index (κ3) is 6.35. The number of Topliss-reactive ketones (excluding diaryl/α,β-unsaturated/α-hetero) is 1. The fourth-order valence-corrected chi connectivity index (χ4v) is 5.84. The Balaban J connectivity index is 1.48. The fourth-order valence-electron chi connectivity index (χ4n) is 4.68. The molecular formula is C31H28N2O5S. The molecule has 1 amide bonds. The molecule has 0 saturated carbocycles. The maximum Gasteiger partial charge on any atom is 0.326 e. The first-order valence-electron chi connectivity index (χ1n) is 12.7. The van der Waals surface area contributed by atoms with Crippen LogP contribution in [0.4, 0.5) is 5.69 Å². The zero-order valence-electron chi connectivity index (χ0n) is 21.2. The summed E-state index contributed by atoms with van der Waals surface area (Å²) in [5.74, 6) is -0.597. The van der Waals surface area contributed by atoms with Crippen molar-refractivity contribution in [3.05, 3.63) is 131 Å². The van der Waals surface area contributed by atoms with Crippen molar-refractivity contribution in [1.82, 2.24) is 4.72 Å². The lowest BCUT2D eigenvalue weighted by molar-refractivity contribution is -0.117. The van der Waals surface area contributed by atoms with Crippen LogP contribution in [0.25, 0.3) is 0 Å². The number of amides is 1. The number of hydrogen-bond acceptors (Lipinski definition) is 5. The van der Waals surface area contributed by atoms with Gasteiger partial charge in [0, 0.05) is 11.5 Å². The summed E-state index contributed by atoms with van der Waals surface area (Å²) in [5, 5.41) is 0. The van der Waals surface area contributed by atoms with Gasteiger partial charge in [0.2, 0.25) is 0 Å². The van der Waals surface area contributed by atoms with Crippen LogP contribution in [0.1, 0.15) is 27.0 Å². The van der Waals surface area contributed by atoms with Crippen molar-refractivity contribution >= 4 is 27.6 Å². The Labute approximate surface area is 228 Å². The van der Waals surface area contributed by atoms with E-state index >= 15 is 0 Å². The smallest absolute Gasteiger partial charge is 0.326 e. The number of carbonyl (C=O) groups excluding carboxylic acids is 2. The Bertz CT molecular complexity index is 1560. The minimum Gasteiger partial charge on any atom is -0.487 e. The van der Waals surface area contributed by atoms with E-state index < -0.39 is 16.1 Å². The zero-order chi connectivity index (χ0) is 27.2. The molecule has 1 saturated heterocycles. The molecule has 0 aromatic heterocycles. The molecule has 0 bridgehead atoms. The summed E-state index contributed by atoms with van der Waals surface area (Å²) < 4.78 is 34.3. The highest BCUT2D eigenvalue weighted by molar-refractivity contribution is 7.92. The lowest BCUT2D eigenvalue weighted by atomic mass is 9.86. The molecule has 0 radical (unpaired) electrons. The second kappa shape index (κ2) is 11.5.